The number of nitrogens with one attached hydrogen (secondary N) is 2. The van der Waals surface area contributed by atoms with E-state index in [1.54, 1.807) is 24.0 Å². The molecule has 5 rings (SSSR count). The average molecular weight is 481 g/mol. The molecule has 9 heteroatoms. The molecule has 0 spiro atoms. The zero-order valence-corrected chi connectivity index (χ0v) is 20.5. The van der Waals surface area contributed by atoms with Crippen molar-refractivity contribution in [3.63, 3.8) is 0 Å². The van der Waals surface area contributed by atoms with Gasteiger partial charge in [0.05, 0.1) is 36.8 Å². The van der Waals surface area contributed by atoms with Crippen LogP contribution in [0.4, 0.5) is 11.5 Å². The number of anilines is 2. The Balaban J connectivity index is 1.71. The van der Waals surface area contributed by atoms with Gasteiger partial charge in [-0.2, -0.15) is 5.26 Å². The molecule has 36 heavy (non-hydrogen) atoms. The quantitative estimate of drug-likeness (QED) is 0.423. The van der Waals surface area contributed by atoms with Crippen molar-refractivity contribution >= 4 is 33.4 Å². The minimum Gasteiger partial charge on any atom is -0.387 e. The number of hydrogen-bond donors (Lipinski definition) is 2. The van der Waals surface area contributed by atoms with Crippen LogP contribution >= 0.6 is 0 Å². The maximum atomic E-state index is 14.0. The summed E-state index contributed by atoms with van der Waals surface area (Å²) in [5, 5.41) is 17.7. The van der Waals surface area contributed by atoms with Gasteiger partial charge >= 0.3 is 0 Å². The lowest BCUT2D eigenvalue weighted by atomic mass is 10.1. The molecule has 9 nitrogen and oxygen atoms in total. The summed E-state index contributed by atoms with van der Waals surface area (Å²) in [4.78, 5) is 25.3. The number of pyridine rings is 1. The smallest absolute Gasteiger partial charge is 0.278 e. The monoisotopic (exact) mass is 480 g/mol. The molecule has 1 fully saturated rings. The van der Waals surface area contributed by atoms with Crippen LogP contribution in [0.1, 0.15) is 24.5 Å². The molecular weight excluding hydrogens is 452 g/mol. The second-order valence-corrected chi connectivity index (χ2v) is 8.71. The molecule has 0 bridgehead atoms. The van der Waals surface area contributed by atoms with Gasteiger partial charge in [0.25, 0.3) is 5.56 Å². The zero-order chi connectivity index (χ0) is 25.1. The van der Waals surface area contributed by atoms with Crippen LogP contribution in [0, 0.1) is 23.2 Å². The van der Waals surface area contributed by atoms with Gasteiger partial charge in [0.15, 0.2) is 0 Å². The molecule has 1 aliphatic heterocycles. The molecule has 0 atom stereocenters. The number of nitriles is 1. The van der Waals surface area contributed by atoms with E-state index in [1.165, 1.54) is 0 Å². The molecule has 0 saturated carbocycles. The first-order chi connectivity index (χ1) is 17.7. The molecule has 1 aromatic carbocycles. The standard InChI is InChI=1S/C27H28N8O/c1-3-4-13-35-25-24(20(15-28)26(35)33-12-7-10-30-11-14-33)32-18-34(27(25)36)17-21-19-8-5-6-9-22(19)31-16-23(21)29-2/h5-6,8-9,16,18,29-30H,7,10-14,17H2,1-2H3. The summed E-state index contributed by atoms with van der Waals surface area (Å²) in [5.74, 6) is 6.75. The molecule has 2 N–H and O–H groups in total. The molecule has 0 aliphatic carbocycles. The number of benzene rings is 1. The Morgan fingerprint density at radius 3 is 2.86 bits per heavy atom. The fourth-order valence-electron chi connectivity index (χ4n) is 4.92. The number of aromatic nitrogens is 4. The third-order valence-electron chi connectivity index (χ3n) is 6.65. The van der Waals surface area contributed by atoms with E-state index in [0.717, 1.165) is 60.6 Å². The van der Waals surface area contributed by atoms with Crippen molar-refractivity contribution in [1.29, 1.82) is 5.26 Å². The third kappa shape index (κ3) is 4.04. The Morgan fingerprint density at radius 1 is 1.19 bits per heavy atom. The van der Waals surface area contributed by atoms with Crippen molar-refractivity contribution < 1.29 is 0 Å². The number of fused-ring (bicyclic) bond motifs is 2. The SMILES string of the molecule is CC#CCn1c(N2CCCNCC2)c(C#N)c2ncn(Cc3c(NC)cnc4ccccc34)c(=O)c21. The summed E-state index contributed by atoms with van der Waals surface area (Å²) in [6, 6.07) is 10.2. The first kappa shape index (κ1) is 23.4. The van der Waals surface area contributed by atoms with Crippen LogP contribution in [-0.4, -0.2) is 52.3 Å². The third-order valence-corrected chi connectivity index (χ3v) is 6.65. The minimum absolute atomic E-state index is 0.198. The lowest BCUT2D eigenvalue weighted by Crippen LogP contribution is -2.31. The van der Waals surface area contributed by atoms with Crippen LogP contribution in [0.2, 0.25) is 0 Å². The lowest BCUT2D eigenvalue weighted by molar-refractivity contribution is 0.723. The van der Waals surface area contributed by atoms with E-state index in [4.69, 9.17) is 0 Å². The topological polar surface area (TPSA) is 104 Å². The number of para-hydroxylation sites is 1. The van der Waals surface area contributed by atoms with E-state index in [1.807, 2.05) is 35.9 Å². The second kappa shape index (κ2) is 10.1. The summed E-state index contributed by atoms with van der Waals surface area (Å²) in [5.41, 5.74) is 3.74. The highest BCUT2D eigenvalue weighted by atomic mass is 16.1. The fraction of sp³-hybridized carbons (Fsp3) is 0.333. The Morgan fingerprint density at radius 2 is 2.06 bits per heavy atom. The van der Waals surface area contributed by atoms with Crippen molar-refractivity contribution in [2.75, 3.05) is 43.4 Å². The largest absolute Gasteiger partial charge is 0.387 e. The van der Waals surface area contributed by atoms with Crippen LogP contribution in [0.25, 0.3) is 21.9 Å². The van der Waals surface area contributed by atoms with Crippen molar-refractivity contribution in [2.45, 2.75) is 26.4 Å². The maximum Gasteiger partial charge on any atom is 0.278 e. The van der Waals surface area contributed by atoms with Crippen molar-refractivity contribution in [3.8, 4) is 17.9 Å². The average Bonchev–Trinajstić information content (AvgIpc) is 3.03. The normalized spacial score (nSPS) is 13.8. The first-order valence-electron chi connectivity index (χ1n) is 12.1. The second-order valence-electron chi connectivity index (χ2n) is 8.71. The molecule has 1 aliphatic rings. The van der Waals surface area contributed by atoms with E-state index in [0.29, 0.717) is 29.7 Å². The molecule has 4 heterocycles. The van der Waals surface area contributed by atoms with Crippen LogP contribution in [0.15, 0.2) is 41.6 Å². The highest BCUT2D eigenvalue weighted by Crippen LogP contribution is 2.31. The molecule has 0 amide bonds. The first-order valence-corrected chi connectivity index (χ1v) is 12.1. The number of rotatable bonds is 5. The highest BCUT2D eigenvalue weighted by Gasteiger charge is 2.26. The maximum absolute atomic E-state index is 14.0. The van der Waals surface area contributed by atoms with Crippen LogP contribution < -0.4 is 21.1 Å². The molecule has 0 radical (unpaired) electrons. The van der Waals surface area contributed by atoms with Gasteiger partial charge in [-0.05, 0) is 26.0 Å². The van der Waals surface area contributed by atoms with Gasteiger partial charge in [-0.3, -0.25) is 14.3 Å². The summed E-state index contributed by atoms with van der Waals surface area (Å²) in [6.07, 6.45) is 4.28. The van der Waals surface area contributed by atoms with E-state index >= 15 is 0 Å². The summed E-state index contributed by atoms with van der Waals surface area (Å²) in [7, 11) is 1.84. The van der Waals surface area contributed by atoms with Crippen LogP contribution in [0.3, 0.4) is 0 Å². The molecule has 1 saturated heterocycles. The minimum atomic E-state index is -0.198. The van der Waals surface area contributed by atoms with E-state index in [2.05, 4.69) is 43.4 Å². The Kier molecular flexibility index (Phi) is 6.57. The van der Waals surface area contributed by atoms with Crippen molar-refractivity contribution in [3.05, 3.63) is 58.3 Å². The van der Waals surface area contributed by atoms with Gasteiger partial charge in [-0.25, -0.2) is 4.98 Å². The molecule has 4 aromatic rings. The highest BCUT2D eigenvalue weighted by molar-refractivity contribution is 5.90. The Labute approximate surface area is 209 Å². The number of hydrogen-bond acceptors (Lipinski definition) is 7. The summed E-state index contributed by atoms with van der Waals surface area (Å²) >= 11 is 0. The van der Waals surface area contributed by atoms with Crippen molar-refractivity contribution in [1.82, 2.24) is 24.4 Å². The molecular formula is C27H28N8O. The van der Waals surface area contributed by atoms with Gasteiger partial charge < -0.3 is 20.1 Å². The van der Waals surface area contributed by atoms with Gasteiger partial charge in [0.1, 0.15) is 28.5 Å². The molecule has 182 valence electrons. The summed E-state index contributed by atoms with van der Waals surface area (Å²) < 4.78 is 3.49. The molecule has 3 aromatic heterocycles. The number of nitrogens with zero attached hydrogens (tertiary/aromatic N) is 6. The lowest BCUT2D eigenvalue weighted by Gasteiger charge is -2.24. The van der Waals surface area contributed by atoms with E-state index < -0.39 is 0 Å². The van der Waals surface area contributed by atoms with Crippen LogP contribution in [-0.2, 0) is 13.1 Å². The van der Waals surface area contributed by atoms with Crippen molar-refractivity contribution in [2.24, 2.45) is 0 Å². The Hall–Kier alpha value is -4.34. The van der Waals surface area contributed by atoms with E-state index in [-0.39, 0.29) is 5.56 Å². The van der Waals surface area contributed by atoms with Gasteiger partial charge in [0, 0.05) is 37.6 Å². The van der Waals surface area contributed by atoms with E-state index in [9.17, 15) is 10.1 Å². The predicted octanol–water partition coefficient (Wildman–Crippen LogP) is 2.53. The fourth-order valence-corrected chi connectivity index (χ4v) is 4.92. The van der Waals surface area contributed by atoms with Gasteiger partial charge in [0.2, 0.25) is 0 Å². The predicted molar refractivity (Wildman–Crippen MR) is 142 cm³/mol. The van der Waals surface area contributed by atoms with Crippen LogP contribution in [0.5, 0.6) is 0 Å². The van der Waals surface area contributed by atoms with Gasteiger partial charge in [-0.15, -0.1) is 5.92 Å². The molecule has 0 unspecified atom stereocenters. The zero-order valence-electron chi connectivity index (χ0n) is 20.5. The summed E-state index contributed by atoms with van der Waals surface area (Å²) in [6.45, 7) is 5.67. The van der Waals surface area contributed by atoms with Gasteiger partial charge in [-0.1, -0.05) is 24.1 Å². The Bertz CT molecular complexity index is 1590.